The van der Waals surface area contributed by atoms with Gasteiger partial charge in [0.15, 0.2) is 5.13 Å². The lowest BCUT2D eigenvalue weighted by Crippen LogP contribution is -2.03. The molecule has 0 aliphatic carbocycles. The normalized spacial score (nSPS) is 12.8. The number of aromatic nitrogens is 1. The van der Waals surface area contributed by atoms with Crippen LogP contribution in [0.2, 0.25) is 0 Å². The fraction of sp³-hybridized carbons (Fsp3) is 0.214. The zero-order valence-electron chi connectivity index (χ0n) is 10.3. The Bertz CT molecular complexity index is 656. The number of nitrogens with one attached hydrogen (secondary N) is 1. The highest BCUT2D eigenvalue weighted by Crippen LogP contribution is 2.30. The van der Waals surface area contributed by atoms with Crippen LogP contribution in [0, 0.1) is 6.92 Å². The molecule has 2 nitrogen and oxygen atoms in total. The molecule has 0 aliphatic heterocycles. The van der Waals surface area contributed by atoms with E-state index in [0.717, 1.165) is 10.6 Å². The van der Waals surface area contributed by atoms with Crippen molar-refractivity contribution < 1.29 is 0 Å². The van der Waals surface area contributed by atoms with E-state index in [4.69, 9.17) is 0 Å². The molecule has 0 saturated carbocycles. The van der Waals surface area contributed by atoms with Gasteiger partial charge >= 0.3 is 0 Å². The highest BCUT2D eigenvalue weighted by molar-refractivity contribution is 7.22. The molecule has 3 aromatic rings. The molecule has 92 valence electrons. The Morgan fingerprint density at radius 2 is 2.17 bits per heavy atom. The minimum Gasteiger partial charge on any atom is -0.354 e. The van der Waals surface area contributed by atoms with Gasteiger partial charge in [0.1, 0.15) is 0 Å². The van der Waals surface area contributed by atoms with Crippen LogP contribution in [0.3, 0.4) is 0 Å². The first-order chi connectivity index (χ1) is 8.72. The molecule has 18 heavy (non-hydrogen) atoms. The van der Waals surface area contributed by atoms with Gasteiger partial charge in [0.2, 0.25) is 0 Å². The van der Waals surface area contributed by atoms with Crippen LogP contribution in [0.15, 0.2) is 35.7 Å². The molecule has 3 rings (SSSR count). The van der Waals surface area contributed by atoms with E-state index in [2.05, 4.69) is 59.9 Å². The quantitative estimate of drug-likeness (QED) is 0.739. The minimum absolute atomic E-state index is 0.312. The van der Waals surface area contributed by atoms with E-state index >= 15 is 0 Å². The number of fused-ring (bicyclic) bond motifs is 1. The van der Waals surface area contributed by atoms with E-state index in [9.17, 15) is 0 Å². The Balaban J connectivity index is 1.86. The van der Waals surface area contributed by atoms with Crippen LogP contribution in [-0.4, -0.2) is 4.98 Å². The summed E-state index contributed by atoms with van der Waals surface area (Å²) in [6.45, 7) is 4.28. The number of aryl methyl sites for hydroxylation is 1. The van der Waals surface area contributed by atoms with E-state index in [-0.39, 0.29) is 0 Å². The third-order valence-electron chi connectivity index (χ3n) is 2.85. The summed E-state index contributed by atoms with van der Waals surface area (Å²) in [6, 6.07) is 10.9. The van der Waals surface area contributed by atoms with Crippen LogP contribution in [-0.2, 0) is 0 Å². The van der Waals surface area contributed by atoms with Gasteiger partial charge in [0, 0.05) is 4.88 Å². The number of benzene rings is 1. The lowest BCUT2D eigenvalue weighted by Gasteiger charge is -2.09. The van der Waals surface area contributed by atoms with Crippen LogP contribution < -0.4 is 5.32 Å². The highest BCUT2D eigenvalue weighted by atomic mass is 32.1. The van der Waals surface area contributed by atoms with Crippen molar-refractivity contribution in [2.75, 3.05) is 5.32 Å². The molecule has 0 bridgehead atoms. The number of thiazole rings is 1. The maximum absolute atomic E-state index is 4.62. The Kier molecular flexibility index (Phi) is 3.06. The summed E-state index contributed by atoms with van der Waals surface area (Å²) >= 11 is 3.49. The maximum atomic E-state index is 4.62. The van der Waals surface area contributed by atoms with Crippen molar-refractivity contribution in [3.05, 3.63) is 46.2 Å². The first-order valence-electron chi connectivity index (χ1n) is 5.89. The molecule has 4 heteroatoms. The first-order valence-corrected chi connectivity index (χ1v) is 7.59. The molecule has 0 amide bonds. The molecule has 2 aromatic heterocycles. The molecule has 0 aliphatic rings. The Labute approximate surface area is 114 Å². The van der Waals surface area contributed by atoms with Crippen LogP contribution >= 0.6 is 22.7 Å². The van der Waals surface area contributed by atoms with Gasteiger partial charge in [-0.25, -0.2) is 4.98 Å². The Morgan fingerprint density at radius 1 is 1.28 bits per heavy atom. The molecule has 0 saturated heterocycles. The zero-order valence-corrected chi connectivity index (χ0v) is 11.9. The van der Waals surface area contributed by atoms with Crippen molar-refractivity contribution in [3.8, 4) is 0 Å². The standard InChI is InChI=1S/C14H14N2S2/c1-9-5-6-11-13(8-9)18-14(16-11)15-10(2)12-4-3-7-17-12/h3-8,10H,1-2H3,(H,15,16). The fourth-order valence-electron chi connectivity index (χ4n) is 1.89. The molecule has 1 aromatic carbocycles. The van der Waals surface area contributed by atoms with Crippen LogP contribution in [0.25, 0.3) is 10.2 Å². The van der Waals surface area contributed by atoms with Gasteiger partial charge in [-0.2, -0.15) is 0 Å². The predicted octanol–water partition coefficient (Wildman–Crippen LogP) is 4.84. The summed E-state index contributed by atoms with van der Waals surface area (Å²) in [4.78, 5) is 5.95. The number of nitrogens with zero attached hydrogens (tertiary/aromatic N) is 1. The molecule has 0 radical (unpaired) electrons. The number of thiophene rings is 1. The number of hydrogen-bond donors (Lipinski definition) is 1. The number of hydrogen-bond acceptors (Lipinski definition) is 4. The van der Waals surface area contributed by atoms with Crippen molar-refractivity contribution in [3.63, 3.8) is 0 Å². The summed E-state index contributed by atoms with van der Waals surface area (Å²) < 4.78 is 1.25. The highest BCUT2D eigenvalue weighted by Gasteiger charge is 2.09. The van der Waals surface area contributed by atoms with Crippen molar-refractivity contribution in [2.45, 2.75) is 19.9 Å². The van der Waals surface area contributed by atoms with Gasteiger partial charge in [-0.05, 0) is 43.0 Å². The second-order valence-electron chi connectivity index (χ2n) is 4.37. The number of anilines is 1. The average molecular weight is 274 g/mol. The second-order valence-corrected chi connectivity index (χ2v) is 6.38. The molecule has 1 unspecified atom stereocenters. The van der Waals surface area contributed by atoms with Crippen molar-refractivity contribution in [2.24, 2.45) is 0 Å². The van der Waals surface area contributed by atoms with E-state index in [1.807, 2.05) is 0 Å². The lowest BCUT2D eigenvalue weighted by molar-refractivity contribution is 0.905. The van der Waals surface area contributed by atoms with Crippen LogP contribution in [0.1, 0.15) is 23.4 Å². The summed E-state index contributed by atoms with van der Waals surface area (Å²) in [6.07, 6.45) is 0. The molecular formula is C14H14N2S2. The maximum Gasteiger partial charge on any atom is 0.184 e. The summed E-state index contributed by atoms with van der Waals surface area (Å²) in [5.41, 5.74) is 2.36. The molecule has 0 fully saturated rings. The predicted molar refractivity (Wildman–Crippen MR) is 80.7 cm³/mol. The lowest BCUT2D eigenvalue weighted by atomic mass is 10.2. The second kappa shape index (κ2) is 4.71. The van der Waals surface area contributed by atoms with E-state index in [1.165, 1.54) is 15.1 Å². The van der Waals surface area contributed by atoms with Gasteiger partial charge in [0.25, 0.3) is 0 Å². The van der Waals surface area contributed by atoms with Gasteiger partial charge in [-0.15, -0.1) is 11.3 Å². The monoisotopic (exact) mass is 274 g/mol. The van der Waals surface area contributed by atoms with Gasteiger partial charge in [0.05, 0.1) is 16.3 Å². The third kappa shape index (κ3) is 2.26. The van der Waals surface area contributed by atoms with Gasteiger partial charge < -0.3 is 5.32 Å². The topological polar surface area (TPSA) is 24.9 Å². The van der Waals surface area contributed by atoms with E-state index in [1.54, 1.807) is 22.7 Å². The minimum atomic E-state index is 0.312. The van der Waals surface area contributed by atoms with E-state index < -0.39 is 0 Å². The molecular weight excluding hydrogens is 260 g/mol. The van der Waals surface area contributed by atoms with Gasteiger partial charge in [-0.1, -0.05) is 23.5 Å². The molecule has 1 atom stereocenters. The van der Waals surface area contributed by atoms with Crippen LogP contribution in [0.4, 0.5) is 5.13 Å². The fourth-order valence-corrected chi connectivity index (χ4v) is 3.67. The van der Waals surface area contributed by atoms with E-state index in [0.29, 0.717) is 6.04 Å². The zero-order chi connectivity index (χ0) is 12.5. The SMILES string of the molecule is Cc1ccc2nc(NC(C)c3cccs3)sc2c1. The summed E-state index contributed by atoms with van der Waals surface area (Å²) in [5.74, 6) is 0. The van der Waals surface area contributed by atoms with Crippen molar-refractivity contribution >= 4 is 38.0 Å². The largest absolute Gasteiger partial charge is 0.354 e. The molecule has 1 N–H and O–H groups in total. The third-order valence-corrected chi connectivity index (χ3v) is 4.86. The first kappa shape index (κ1) is 11.7. The van der Waals surface area contributed by atoms with Gasteiger partial charge in [-0.3, -0.25) is 0 Å². The van der Waals surface area contributed by atoms with Crippen molar-refractivity contribution in [1.82, 2.24) is 4.98 Å². The average Bonchev–Trinajstić information content (AvgIpc) is 2.95. The van der Waals surface area contributed by atoms with Crippen LogP contribution in [0.5, 0.6) is 0 Å². The molecule has 0 spiro atoms. The molecule has 2 heterocycles. The smallest absolute Gasteiger partial charge is 0.184 e. The summed E-state index contributed by atoms with van der Waals surface area (Å²) in [5, 5.41) is 6.57. The Hall–Kier alpha value is -1.39. The summed E-state index contributed by atoms with van der Waals surface area (Å²) in [7, 11) is 0. The number of rotatable bonds is 3. The van der Waals surface area contributed by atoms with Crippen molar-refractivity contribution in [1.29, 1.82) is 0 Å². The Morgan fingerprint density at radius 3 is 2.94 bits per heavy atom.